The molecule has 0 atom stereocenters. The maximum Gasteiger partial charge on any atom is 0.251 e. The second-order valence-electron chi connectivity index (χ2n) is 4.79. The van der Waals surface area contributed by atoms with Crippen LogP contribution in [0.4, 0.5) is 5.69 Å². The predicted molar refractivity (Wildman–Crippen MR) is 71.5 cm³/mol. The molecule has 1 aromatic carbocycles. The maximum absolute atomic E-state index is 12.0. The van der Waals surface area contributed by atoms with Gasteiger partial charge in [-0.3, -0.25) is 4.79 Å². The number of ether oxygens (including phenoxy) is 1. The van der Waals surface area contributed by atoms with Crippen molar-refractivity contribution in [3.8, 4) is 0 Å². The number of anilines is 1. The normalized spacial score (nSPS) is 22.3. The molecule has 1 saturated carbocycles. The van der Waals surface area contributed by atoms with Gasteiger partial charge in [0.1, 0.15) is 0 Å². The van der Waals surface area contributed by atoms with E-state index < -0.39 is 0 Å². The molecule has 1 fully saturated rings. The number of rotatable bonds is 4. The first-order valence-corrected chi connectivity index (χ1v) is 6.38. The second kappa shape index (κ2) is 5.40. The Kier molecular flexibility index (Phi) is 3.87. The Labute approximate surface area is 108 Å². The number of nitrogens with two attached hydrogens (primary N) is 1. The van der Waals surface area contributed by atoms with Crippen molar-refractivity contribution in [1.82, 2.24) is 5.32 Å². The molecule has 0 heterocycles. The third-order valence-corrected chi connectivity index (χ3v) is 3.37. The van der Waals surface area contributed by atoms with Crippen LogP contribution < -0.4 is 11.1 Å². The lowest BCUT2D eigenvalue weighted by Crippen LogP contribution is -2.47. The molecule has 2 rings (SSSR count). The van der Waals surface area contributed by atoms with Crippen LogP contribution in [0.3, 0.4) is 0 Å². The lowest BCUT2D eigenvalue weighted by molar-refractivity contribution is -0.00862. The van der Waals surface area contributed by atoms with E-state index in [-0.39, 0.29) is 11.9 Å². The van der Waals surface area contributed by atoms with Gasteiger partial charge in [-0.1, -0.05) is 6.07 Å². The SMILES string of the molecule is CCOC1CC(NC(=O)c2ccc(C)c(N)c2)C1. The Balaban J connectivity index is 1.87. The van der Waals surface area contributed by atoms with Gasteiger partial charge in [0.15, 0.2) is 0 Å². The van der Waals surface area contributed by atoms with Crippen LogP contribution in [0, 0.1) is 6.92 Å². The minimum absolute atomic E-state index is 0.0540. The van der Waals surface area contributed by atoms with E-state index in [9.17, 15) is 4.79 Å². The Morgan fingerprint density at radius 3 is 2.83 bits per heavy atom. The van der Waals surface area contributed by atoms with Gasteiger partial charge < -0.3 is 15.8 Å². The van der Waals surface area contributed by atoms with Crippen LogP contribution in [0.15, 0.2) is 18.2 Å². The number of carbonyl (C=O) groups is 1. The van der Waals surface area contributed by atoms with Crippen molar-refractivity contribution in [3.63, 3.8) is 0 Å². The summed E-state index contributed by atoms with van der Waals surface area (Å²) < 4.78 is 5.46. The van der Waals surface area contributed by atoms with Gasteiger partial charge >= 0.3 is 0 Å². The van der Waals surface area contributed by atoms with Crippen LogP contribution in [0.25, 0.3) is 0 Å². The first-order valence-electron chi connectivity index (χ1n) is 6.38. The molecule has 1 aliphatic rings. The second-order valence-corrected chi connectivity index (χ2v) is 4.79. The Hall–Kier alpha value is -1.55. The predicted octanol–water partition coefficient (Wildman–Crippen LogP) is 1.87. The van der Waals surface area contributed by atoms with Crippen molar-refractivity contribution in [2.75, 3.05) is 12.3 Å². The summed E-state index contributed by atoms with van der Waals surface area (Å²) in [6.07, 6.45) is 2.12. The maximum atomic E-state index is 12.0. The molecular weight excluding hydrogens is 228 g/mol. The van der Waals surface area contributed by atoms with E-state index in [1.54, 1.807) is 12.1 Å². The first kappa shape index (κ1) is 12.9. The Morgan fingerprint density at radius 1 is 1.50 bits per heavy atom. The minimum Gasteiger partial charge on any atom is -0.398 e. The lowest BCUT2D eigenvalue weighted by atomic mass is 9.89. The molecule has 0 bridgehead atoms. The van der Waals surface area contributed by atoms with Crippen LogP contribution in [-0.2, 0) is 4.74 Å². The molecule has 0 spiro atoms. The van der Waals surface area contributed by atoms with E-state index in [4.69, 9.17) is 10.5 Å². The molecule has 3 N–H and O–H groups in total. The summed E-state index contributed by atoms with van der Waals surface area (Å²) in [5.74, 6) is -0.0540. The van der Waals surface area contributed by atoms with E-state index in [1.165, 1.54) is 0 Å². The van der Waals surface area contributed by atoms with E-state index in [0.29, 0.717) is 17.4 Å². The highest BCUT2D eigenvalue weighted by molar-refractivity contribution is 5.95. The molecule has 0 aliphatic heterocycles. The first-order chi connectivity index (χ1) is 8.60. The van der Waals surface area contributed by atoms with Gasteiger partial charge in [-0.2, -0.15) is 0 Å². The van der Waals surface area contributed by atoms with Gasteiger partial charge in [-0.15, -0.1) is 0 Å². The number of aryl methyl sites for hydroxylation is 1. The Morgan fingerprint density at radius 2 is 2.22 bits per heavy atom. The smallest absolute Gasteiger partial charge is 0.251 e. The highest BCUT2D eigenvalue weighted by Gasteiger charge is 2.30. The third kappa shape index (κ3) is 2.82. The molecule has 1 aliphatic carbocycles. The van der Waals surface area contributed by atoms with Gasteiger partial charge in [0.25, 0.3) is 5.91 Å². The van der Waals surface area contributed by atoms with Crippen molar-refractivity contribution >= 4 is 11.6 Å². The fraction of sp³-hybridized carbons (Fsp3) is 0.500. The van der Waals surface area contributed by atoms with E-state index in [1.807, 2.05) is 19.9 Å². The molecule has 1 amide bonds. The highest BCUT2D eigenvalue weighted by Crippen LogP contribution is 2.23. The summed E-state index contributed by atoms with van der Waals surface area (Å²) in [4.78, 5) is 12.0. The fourth-order valence-corrected chi connectivity index (χ4v) is 2.11. The van der Waals surface area contributed by atoms with Crippen molar-refractivity contribution in [1.29, 1.82) is 0 Å². The van der Waals surface area contributed by atoms with Gasteiger partial charge in [-0.05, 0) is 44.4 Å². The monoisotopic (exact) mass is 248 g/mol. The van der Waals surface area contributed by atoms with Crippen molar-refractivity contribution in [2.45, 2.75) is 38.8 Å². The number of amides is 1. The standard InChI is InChI=1S/C14H20N2O2/c1-3-18-12-7-11(8-12)16-14(17)10-5-4-9(2)13(15)6-10/h4-6,11-12H,3,7-8,15H2,1-2H3,(H,16,17). The quantitative estimate of drug-likeness (QED) is 0.800. The molecule has 4 nitrogen and oxygen atoms in total. The summed E-state index contributed by atoms with van der Waals surface area (Å²) in [7, 11) is 0. The molecule has 0 saturated heterocycles. The van der Waals surface area contributed by atoms with E-state index in [2.05, 4.69) is 5.32 Å². The lowest BCUT2D eigenvalue weighted by Gasteiger charge is -2.35. The fourth-order valence-electron chi connectivity index (χ4n) is 2.11. The van der Waals surface area contributed by atoms with Gasteiger partial charge in [0.2, 0.25) is 0 Å². The summed E-state index contributed by atoms with van der Waals surface area (Å²) in [5, 5.41) is 2.99. The average molecular weight is 248 g/mol. The minimum atomic E-state index is -0.0540. The number of carbonyl (C=O) groups excluding carboxylic acids is 1. The topological polar surface area (TPSA) is 64.3 Å². The molecule has 98 valence electrons. The number of hydrogen-bond acceptors (Lipinski definition) is 3. The molecule has 4 heteroatoms. The summed E-state index contributed by atoms with van der Waals surface area (Å²) >= 11 is 0. The van der Waals surface area contributed by atoms with Crippen molar-refractivity contribution in [2.24, 2.45) is 0 Å². The molecule has 0 aromatic heterocycles. The van der Waals surface area contributed by atoms with Gasteiger partial charge in [-0.25, -0.2) is 0 Å². The zero-order chi connectivity index (χ0) is 13.1. The van der Waals surface area contributed by atoms with Crippen LogP contribution in [0.2, 0.25) is 0 Å². The largest absolute Gasteiger partial charge is 0.398 e. The average Bonchev–Trinajstić information content (AvgIpc) is 2.30. The number of nitrogens with one attached hydrogen (secondary N) is 1. The van der Waals surface area contributed by atoms with Crippen LogP contribution in [-0.4, -0.2) is 24.7 Å². The molecule has 0 radical (unpaired) electrons. The molecule has 0 unspecified atom stereocenters. The summed E-state index contributed by atoms with van der Waals surface area (Å²) in [6, 6.07) is 5.63. The zero-order valence-corrected chi connectivity index (χ0v) is 10.9. The molecule has 18 heavy (non-hydrogen) atoms. The van der Waals surface area contributed by atoms with Crippen molar-refractivity contribution < 1.29 is 9.53 Å². The van der Waals surface area contributed by atoms with Gasteiger partial charge in [0, 0.05) is 23.9 Å². The number of nitrogen functional groups attached to an aromatic ring is 1. The Bertz CT molecular complexity index is 439. The zero-order valence-electron chi connectivity index (χ0n) is 10.9. The van der Waals surface area contributed by atoms with Crippen molar-refractivity contribution in [3.05, 3.63) is 29.3 Å². The number of hydrogen-bond donors (Lipinski definition) is 2. The highest BCUT2D eigenvalue weighted by atomic mass is 16.5. The summed E-state index contributed by atoms with van der Waals surface area (Å²) in [6.45, 7) is 4.65. The van der Waals surface area contributed by atoms with Crippen LogP contribution >= 0.6 is 0 Å². The molecular formula is C14H20N2O2. The third-order valence-electron chi connectivity index (χ3n) is 3.37. The van der Waals surface area contributed by atoms with E-state index >= 15 is 0 Å². The summed E-state index contributed by atoms with van der Waals surface area (Å²) in [5.41, 5.74) is 8.07. The van der Waals surface area contributed by atoms with Gasteiger partial charge in [0.05, 0.1) is 6.10 Å². The van der Waals surface area contributed by atoms with Crippen LogP contribution in [0.1, 0.15) is 35.7 Å². The number of benzene rings is 1. The molecule has 1 aromatic rings. The van der Waals surface area contributed by atoms with E-state index in [0.717, 1.165) is 25.0 Å². The van der Waals surface area contributed by atoms with Crippen LogP contribution in [0.5, 0.6) is 0 Å².